The van der Waals surface area contributed by atoms with Gasteiger partial charge in [0, 0.05) is 19.1 Å². The molecule has 1 aromatic rings. The maximum absolute atomic E-state index is 12.7. The maximum atomic E-state index is 12.7. The van der Waals surface area contributed by atoms with Gasteiger partial charge >= 0.3 is 6.03 Å². The molecular formula is C16H21N3O2. The molecule has 5 heteroatoms. The number of amides is 3. The minimum atomic E-state index is -0.224. The topological polar surface area (TPSA) is 61.4 Å². The number of aryl methyl sites for hydroxylation is 1. The van der Waals surface area contributed by atoms with Gasteiger partial charge in [0.2, 0.25) is 0 Å². The van der Waals surface area contributed by atoms with Crippen LogP contribution in [0, 0.1) is 6.92 Å². The van der Waals surface area contributed by atoms with Gasteiger partial charge in [-0.05, 0) is 44.2 Å². The van der Waals surface area contributed by atoms with Gasteiger partial charge in [0.15, 0.2) is 0 Å². The van der Waals surface area contributed by atoms with Gasteiger partial charge in [-0.15, -0.1) is 0 Å². The van der Waals surface area contributed by atoms with Crippen LogP contribution in [0.1, 0.15) is 41.6 Å². The second-order valence-electron chi connectivity index (χ2n) is 5.87. The molecule has 5 nitrogen and oxygen atoms in total. The summed E-state index contributed by atoms with van der Waals surface area (Å²) in [6.45, 7) is 3.52. The van der Waals surface area contributed by atoms with Gasteiger partial charge in [-0.3, -0.25) is 4.79 Å². The third kappa shape index (κ3) is 3.17. The van der Waals surface area contributed by atoms with E-state index >= 15 is 0 Å². The minimum Gasteiger partial charge on any atom is -0.339 e. The minimum absolute atomic E-state index is 0.0207. The first-order chi connectivity index (χ1) is 10.1. The molecule has 2 N–H and O–H groups in total. The molecule has 2 fully saturated rings. The number of nitrogens with zero attached hydrogens (tertiary/aromatic N) is 1. The standard InChI is InChI=1S/C16H21N3O2/c1-11-5-4-6-13(18-16(21)17-12-7-8-12)14(11)15(20)19-9-2-3-10-19/h4-6,12H,2-3,7-10H2,1H3,(H2,17,18,21). The van der Waals surface area contributed by atoms with Crippen LogP contribution >= 0.6 is 0 Å². The molecule has 1 aliphatic carbocycles. The van der Waals surface area contributed by atoms with Crippen LogP contribution in [0.3, 0.4) is 0 Å². The van der Waals surface area contributed by atoms with Gasteiger partial charge in [0.1, 0.15) is 0 Å². The fourth-order valence-corrected chi connectivity index (χ4v) is 2.71. The van der Waals surface area contributed by atoms with Crippen molar-refractivity contribution >= 4 is 17.6 Å². The zero-order chi connectivity index (χ0) is 14.8. The first-order valence-electron chi connectivity index (χ1n) is 7.61. The van der Waals surface area contributed by atoms with E-state index < -0.39 is 0 Å². The predicted octanol–water partition coefficient (Wildman–Crippen LogP) is 2.51. The van der Waals surface area contributed by atoms with E-state index in [2.05, 4.69) is 10.6 Å². The molecule has 1 heterocycles. The van der Waals surface area contributed by atoms with Crippen LogP contribution in [-0.4, -0.2) is 36.0 Å². The highest BCUT2D eigenvalue weighted by molar-refractivity contribution is 6.04. The Kier molecular flexibility index (Phi) is 3.82. The van der Waals surface area contributed by atoms with Gasteiger partial charge in [-0.1, -0.05) is 12.1 Å². The number of likely N-dealkylation sites (tertiary alicyclic amines) is 1. The van der Waals surface area contributed by atoms with Crippen LogP contribution in [0.4, 0.5) is 10.5 Å². The van der Waals surface area contributed by atoms with Crippen LogP contribution in [0.15, 0.2) is 18.2 Å². The fourth-order valence-electron chi connectivity index (χ4n) is 2.71. The number of anilines is 1. The average Bonchev–Trinajstić information content (AvgIpc) is 3.08. The normalized spacial score (nSPS) is 17.7. The lowest BCUT2D eigenvalue weighted by molar-refractivity contribution is 0.0793. The van der Waals surface area contributed by atoms with E-state index in [1.54, 1.807) is 6.07 Å². The molecule has 3 amide bonds. The number of hydrogen-bond acceptors (Lipinski definition) is 2. The van der Waals surface area contributed by atoms with Crippen molar-refractivity contribution in [1.82, 2.24) is 10.2 Å². The summed E-state index contributed by atoms with van der Waals surface area (Å²) in [5.74, 6) is 0.0207. The highest BCUT2D eigenvalue weighted by atomic mass is 16.2. The molecule has 0 spiro atoms. The van der Waals surface area contributed by atoms with E-state index in [1.165, 1.54) is 0 Å². The van der Waals surface area contributed by atoms with Crippen LogP contribution < -0.4 is 10.6 Å². The Morgan fingerprint density at radius 2 is 1.90 bits per heavy atom. The molecule has 0 radical (unpaired) electrons. The van der Waals surface area contributed by atoms with Gasteiger partial charge in [0.05, 0.1) is 11.3 Å². The Balaban J connectivity index is 1.80. The Bertz CT molecular complexity index is 561. The second-order valence-corrected chi connectivity index (χ2v) is 5.87. The molecule has 3 rings (SSSR count). The summed E-state index contributed by atoms with van der Waals surface area (Å²) in [7, 11) is 0. The van der Waals surface area contributed by atoms with Crippen molar-refractivity contribution in [3.05, 3.63) is 29.3 Å². The maximum Gasteiger partial charge on any atom is 0.319 e. The molecule has 0 bridgehead atoms. The summed E-state index contributed by atoms with van der Waals surface area (Å²) >= 11 is 0. The van der Waals surface area contributed by atoms with Crippen molar-refractivity contribution in [3.8, 4) is 0 Å². The van der Waals surface area contributed by atoms with Gasteiger partial charge in [0.25, 0.3) is 5.91 Å². The summed E-state index contributed by atoms with van der Waals surface area (Å²) in [6, 6.07) is 5.64. The summed E-state index contributed by atoms with van der Waals surface area (Å²) in [6.07, 6.45) is 4.20. The molecular weight excluding hydrogens is 266 g/mol. The van der Waals surface area contributed by atoms with Crippen molar-refractivity contribution in [3.63, 3.8) is 0 Å². The van der Waals surface area contributed by atoms with E-state index in [0.29, 0.717) is 17.3 Å². The highest BCUT2D eigenvalue weighted by Gasteiger charge is 2.26. The summed E-state index contributed by atoms with van der Waals surface area (Å²) in [4.78, 5) is 26.4. The highest BCUT2D eigenvalue weighted by Crippen LogP contribution is 2.24. The average molecular weight is 287 g/mol. The van der Waals surface area contributed by atoms with Gasteiger partial charge < -0.3 is 15.5 Å². The van der Waals surface area contributed by atoms with Crippen molar-refractivity contribution in [2.45, 2.75) is 38.6 Å². The largest absolute Gasteiger partial charge is 0.339 e. The Labute approximate surface area is 124 Å². The lowest BCUT2D eigenvalue weighted by atomic mass is 10.1. The molecule has 21 heavy (non-hydrogen) atoms. The van der Waals surface area contributed by atoms with Crippen LogP contribution in [0.5, 0.6) is 0 Å². The van der Waals surface area contributed by atoms with Crippen molar-refractivity contribution < 1.29 is 9.59 Å². The van der Waals surface area contributed by atoms with Crippen molar-refractivity contribution in [2.24, 2.45) is 0 Å². The summed E-state index contributed by atoms with van der Waals surface area (Å²) < 4.78 is 0. The smallest absolute Gasteiger partial charge is 0.319 e. The number of benzene rings is 1. The Morgan fingerprint density at radius 1 is 1.19 bits per heavy atom. The van der Waals surface area contributed by atoms with E-state index in [9.17, 15) is 9.59 Å². The van der Waals surface area contributed by atoms with Crippen molar-refractivity contribution in [1.29, 1.82) is 0 Å². The van der Waals surface area contributed by atoms with E-state index in [4.69, 9.17) is 0 Å². The quantitative estimate of drug-likeness (QED) is 0.897. The number of urea groups is 1. The molecule has 0 aromatic heterocycles. The first-order valence-corrected chi connectivity index (χ1v) is 7.61. The van der Waals surface area contributed by atoms with E-state index in [-0.39, 0.29) is 11.9 Å². The zero-order valence-corrected chi connectivity index (χ0v) is 12.3. The SMILES string of the molecule is Cc1cccc(NC(=O)NC2CC2)c1C(=O)N1CCCC1. The van der Waals surface area contributed by atoms with E-state index in [0.717, 1.165) is 44.3 Å². The second kappa shape index (κ2) is 5.76. The van der Waals surface area contributed by atoms with Gasteiger partial charge in [-0.2, -0.15) is 0 Å². The molecule has 1 saturated carbocycles. The number of carbonyl (C=O) groups is 2. The molecule has 1 saturated heterocycles. The Morgan fingerprint density at radius 3 is 2.57 bits per heavy atom. The third-order valence-corrected chi connectivity index (χ3v) is 4.04. The monoisotopic (exact) mass is 287 g/mol. The fraction of sp³-hybridized carbons (Fsp3) is 0.500. The molecule has 1 aliphatic heterocycles. The van der Waals surface area contributed by atoms with Crippen LogP contribution in [0.25, 0.3) is 0 Å². The van der Waals surface area contributed by atoms with Crippen LogP contribution in [-0.2, 0) is 0 Å². The Hall–Kier alpha value is -2.04. The lowest BCUT2D eigenvalue weighted by Crippen LogP contribution is -2.33. The van der Waals surface area contributed by atoms with Crippen molar-refractivity contribution in [2.75, 3.05) is 18.4 Å². The summed E-state index contributed by atoms with van der Waals surface area (Å²) in [5.41, 5.74) is 2.12. The number of nitrogens with one attached hydrogen (secondary N) is 2. The molecule has 1 aromatic carbocycles. The van der Waals surface area contributed by atoms with E-state index in [1.807, 2.05) is 24.0 Å². The number of carbonyl (C=O) groups excluding carboxylic acids is 2. The first kappa shape index (κ1) is 13.9. The third-order valence-electron chi connectivity index (χ3n) is 4.04. The number of rotatable bonds is 3. The molecule has 112 valence electrons. The molecule has 2 aliphatic rings. The molecule has 0 atom stereocenters. The number of hydrogen-bond donors (Lipinski definition) is 2. The van der Waals surface area contributed by atoms with Gasteiger partial charge in [-0.25, -0.2) is 4.79 Å². The lowest BCUT2D eigenvalue weighted by Gasteiger charge is -2.19. The predicted molar refractivity (Wildman–Crippen MR) is 81.5 cm³/mol. The zero-order valence-electron chi connectivity index (χ0n) is 12.3. The molecule has 0 unspecified atom stereocenters. The van der Waals surface area contributed by atoms with Crippen LogP contribution in [0.2, 0.25) is 0 Å². The summed E-state index contributed by atoms with van der Waals surface area (Å²) in [5, 5.41) is 5.71.